The number of oxazole rings is 1. The van der Waals surface area contributed by atoms with Gasteiger partial charge < -0.3 is 8.98 Å². The lowest BCUT2D eigenvalue weighted by atomic mass is 10.3. The third-order valence-corrected chi connectivity index (χ3v) is 3.22. The molecule has 0 amide bonds. The van der Waals surface area contributed by atoms with E-state index in [1.54, 1.807) is 12.3 Å². The molecular weight excluding hydrogens is 233 g/mol. The van der Waals surface area contributed by atoms with Crippen molar-refractivity contribution in [2.75, 3.05) is 0 Å². The van der Waals surface area contributed by atoms with E-state index in [9.17, 15) is 4.39 Å². The van der Waals surface area contributed by atoms with E-state index in [1.807, 2.05) is 0 Å². The lowest BCUT2D eigenvalue weighted by Gasteiger charge is -2.04. The van der Waals surface area contributed by atoms with Crippen LogP contribution in [0.15, 0.2) is 35.2 Å². The van der Waals surface area contributed by atoms with Crippen molar-refractivity contribution in [1.82, 2.24) is 14.5 Å². The average Bonchev–Trinajstić information content (AvgIpc) is 2.93. The van der Waals surface area contributed by atoms with Gasteiger partial charge in [0.15, 0.2) is 18.0 Å². The minimum atomic E-state index is -0.242. The molecule has 1 saturated carbocycles. The maximum Gasteiger partial charge on any atom is 0.189 e. The fourth-order valence-corrected chi connectivity index (χ4v) is 2.27. The maximum absolute atomic E-state index is 13.4. The summed E-state index contributed by atoms with van der Waals surface area (Å²) in [6.45, 7) is 0. The van der Waals surface area contributed by atoms with E-state index >= 15 is 0 Å². The Bertz CT molecular complexity index is 713. The Morgan fingerprint density at radius 1 is 1.33 bits per heavy atom. The molecule has 1 aromatic carbocycles. The molecule has 4 rings (SSSR count). The second-order valence-corrected chi connectivity index (χ2v) is 4.54. The van der Waals surface area contributed by atoms with Crippen molar-refractivity contribution in [3.05, 3.63) is 36.6 Å². The second-order valence-electron chi connectivity index (χ2n) is 4.54. The first-order valence-corrected chi connectivity index (χ1v) is 5.89. The van der Waals surface area contributed by atoms with Crippen LogP contribution in [0.5, 0.6) is 0 Å². The first kappa shape index (κ1) is 9.82. The average molecular weight is 243 g/mol. The molecule has 0 unspecified atom stereocenters. The highest BCUT2D eigenvalue weighted by atomic mass is 19.1. The number of hydrogen-bond acceptors (Lipinski definition) is 3. The molecule has 0 bridgehead atoms. The summed E-state index contributed by atoms with van der Waals surface area (Å²) in [6.07, 6.45) is 5.22. The predicted molar refractivity (Wildman–Crippen MR) is 63.5 cm³/mol. The molecule has 0 atom stereocenters. The van der Waals surface area contributed by atoms with Crippen molar-refractivity contribution in [2.45, 2.75) is 18.9 Å². The van der Waals surface area contributed by atoms with Crippen LogP contribution in [-0.2, 0) is 0 Å². The van der Waals surface area contributed by atoms with Crippen molar-refractivity contribution in [3.63, 3.8) is 0 Å². The summed E-state index contributed by atoms with van der Waals surface area (Å²) in [4.78, 5) is 8.43. The van der Waals surface area contributed by atoms with Crippen LogP contribution in [0.1, 0.15) is 18.9 Å². The SMILES string of the molecule is Fc1ccc2nc(-c3cnco3)n(C3CC3)c2c1. The number of nitrogens with zero attached hydrogens (tertiary/aromatic N) is 3. The third-order valence-electron chi connectivity index (χ3n) is 3.22. The Labute approximate surface area is 102 Å². The number of hydrogen-bond donors (Lipinski definition) is 0. The predicted octanol–water partition coefficient (Wildman–Crippen LogP) is 3.17. The van der Waals surface area contributed by atoms with E-state index in [4.69, 9.17) is 4.42 Å². The molecule has 4 nitrogen and oxygen atoms in total. The topological polar surface area (TPSA) is 43.9 Å². The smallest absolute Gasteiger partial charge is 0.189 e. The molecular formula is C13H10FN3O. The number of imidazole rings is 1. The number of halogens is 1. The first-order valence-electron chi connectivity index (χ1n) is 5.89. The maximum atomic E-state index is 13.4. The molecule has 1 aliphatic rings. The lowest BCUT2D eigenvalue weighted by molar-refractivity contribution is 0.561. The van der Waals surface area contributed by atoms with E-state index in [-0.39, 0.29) is 5.82 Å². The van der Waals surface area contributed by atoms with Gasteiger partial charge in [0.05, 0.1) is 17.2 Å². The van der Waals surface area contributed by atoms with Gasteiger partial charge in [-0.1, -0.05) is 0 Å². The zero-order chi connectivity index (χ0) is 12.1. The van der Waals surface area contributed by atoms with Gasteiger partial charge in [-0.25, -0.2) is 14.4 Å². The second kappa shape index (κ2) is 3.41. The number of fused-ring (bicyclic) bond motifs is 1. The van der Waals surface area contributed by atoms with Crippen LogP contribution in [0.25, 0.3) is 22.6 Å². The Morgan fingerprint density at radius 2 is 2.22 bits per heavy atom. The van der Waals surface area contributed by atoms with Gasteiger partial charge in [-0.15, -0.1) is 0 Å². The molecule has 90 valence electrons. The molecule has 1 fully saturated rings. The molecule has 2 heterocycles. The van der Waals surface area contributed by atoms with Crippen LogP contribution in [-0.4, -0.2) is 14.5 Å². The molecule has 0 saturated heterocycles. The van der Waals surface area contributed by atoms with E-state index in [1.165, 1.54) is 18.5 Å². The van der Waals surface area contributed by atoms with Crippen LogP contribution < -0.4 is 0 Å². The Balaban J connectivity index is 2.04. The van der Waals surface area contributed by atoms with Crippen LogP contribution in [0, 0.1) is 5.82 Å². The Kier molecular flexibility index (Phi) is 1.86. The standard InChI is InChI=1S/C13H10FN3O/c14-8-1-4-10-11(5-8)17(9-2-3-9)13(16-10)12-6-15-7-18-12/h1,4-7,9H,2-3H2. The summed E-state index contributed by atoms with van der Waals surface area (Å²) >= 11 is 0. The minimum absolute atomic E-state index is 0.242. The highest BCUT2D eigenvalue weighted by Crippen LogP contribution is 2.41. The van der Waals surface area contributed by atoms with Gasteiger partial charge in [0, 0.05) is 6.04 Å². The minimum Gasteiger partial charge on any atom is -0.440 e. The van der Waals surface area contributed by atoms with E-state index < -0.39 is 0 Å². The van der Waals surface area contributed by atoms with E-state index in [2.05, 4.69) is 14.5 Å². The molecule has 1 aliphatic carbocycles. The molecule has 0 aliphatic heterocycles. The van der Waals surface area contributed by atoms with Gasteiger partial charge in [0.1, 0.15) is 5.82 Å². The fraction of sp³-hybridized carbons (Fsp3) is 0.231. The van der Waals surface area contributed by atoms with Crippen LogP contribution in [0.4, 0.5) is 4.39 Å². The van der Waals surface area contributed by atoms with Gasteiger partial charge in [0.2, 0.25) is 0 Å². The van der Waals surface area contributed by atoms with Gasteiger partial charge in [-0.05, 0) is 31.0 Å². The van der Waals surface area contributed by atoms with Crippen molar-refractivity contribution in [2.24, 2.45) is 0 Å². The largest absolute Gasteiger partial charge is 0.440 e. The zero-order valence-corrected chi connectivity index (χ0v) is 9.51. The van der Waals surface area contributed by atoms with Gasteiger partial charge >= 0.3 is 0 Å². The van der Waals surface area contributed by atoms with Gasteiger partial charge in [-0.3, -0.25) is 0 Å². The summed E-state index contributed by atoms with van der Waals surface area (Å²) in [5.41, 5.74) is 1.61. The summed E-state index contributed by atoms with van der Waals surface area (Å²) in [5, 5.41) is 0. The molecule has 5 heteroatoms. The van der Waals surface area contributed by atoms with Crippen LogP contribution in [0.2, 0.25) is 0 Å². The van der Waals surface area contributed by atoms with Crippen molar-refractivity contribution >= 4 is 11.0 Å². The molecule has 0 radical (unpaired) electrons. The van der Waals surface area contributed by atoms with Crippen LogP contribution in [0.3, 0.4) is 0 Å². The monoisotopic (exact) mass is 243 g/mol. The van der Waals surface area contributed by atoms with Crippen molar-refractivity contribution in [1.29, 1.82) is 0 Å². The third kappa shape index (κ3) is 1.37. The fourth-order valence-electron chi connectivity index (χ4n) is 2.27. The van der Waals surface area contributed by atoms with Crippen molar-refractivity contribution < 1.29 is 8.81 Å². The van der Waals surface area contributed by atoms with Gasteiger partial charge in [-0.2, -0.15) is 0 Å². The Morgan fingerprint density at radius 3 is 2.94 bits per heavy atom. The highest BCUT2D eigenvalue weighted by molar-refractivity contribution is 5.80. The molecule has 18 heavy (non-hydrogen) atoms. The molecule has 0 spiro atoms. The molecule has 2 aromatic heterocycles. The van der Waals surface area contributed by atoms with E-state index in [0.717, 1.165) is 29.7 Å². The number of aromatic nitrogens is 3. The number of rotatable bonds is 2. The summed E-state index contributed by atoms with van der Waals surface area (Å²) in [7, 11) is 0. The van der Waals surface area contributed by atoms with Crippen molar-refractivity contribution in [3.8, 4) is 11.6 Å². The normalized spacial score (nSPS) is 15.4. The number of benzene rings is 1. The molecule has 0 N–H and O–H groups in total. The summed E-state index contributed by atoms with van der Waals surface area (Å²) in [5.74, 6) is 1.11. The van der Waals surface area contributed by atoms with E-state index in [0.29, 0.717) is 11.8 Å². The van der Waals surface area contributed by atoms with Gasteiger partial charge in [0.25, 0.3) is 0 Å². The van der Waals surface area contributed by atoms with Crippen LogP contribution >= 0.6 is 0 Å². The summed E-state index contributed by atoms with van der Waals surface area (Å²) in [6, 6.07) is 5.05. The highest BCUT2D eigenvalue weighted by Gasteiger charge is 2.29. The summed E-state index contributed by atoms with van der Waals surface area (Å²) < 4.78 is 20.7. The lowest BCUT2D eigenvalue weighted by Crippen LogP contribution is -1.96. The molecule has 3 aromatic rings. The Hall–Kier alpha value is -2.17. The quantitative estimate of drug-likeness (QED) is 0.694. The first-order chi connectivity index (χ1) is 8.83. The zero-order valence-electron chi connectivity index (χ0n) is 9.51.